The molecule has 1 unspecified atom stereocenters. The number of nitrogens with one attached hydrogen (secondary N) is 1. The van der Waals surface area contributed by atoms with Crippen LogP contribution in [0.4, 0.5) is 0 Å². The Labute approximate surface area is 127 Å². The van der Waals surface area contributed by atoms with E-state index >= 15 is 0 Å². The molecule has 0 aliphatic carbocycles. The lowest BCUT2D eigenvalue weighted by atomic mass is 10.1. The van der Waals surface area contributed by atoms with E-state index in [0.717, 1.165) is 35.7 Å². The quantitative estimate of drug-likeness (QED) is 0.845. The lowest BCUT2D eigenvalue weighted by Gasteiger charge is -2.15. The number of rotatable bonds is 6. The van der Waals surface area contributed by atoms with Gasteiger partial charge in [0.15, 0.2) is 0 Å². The fraction of sp³-hybridized carbons (Fsp3) is 0.389. The number of benzene rings is 1. The molecular weight excluding hydrogens is 260 g/mol. The van der Waals surface area contributed by atoms with E-state index in [0.29, 0.717) is 6.04 Å². The summed E-state index contributed by atoms with van der Waals surface area (Å²) in [7, 11) is 0. The molecule has 0 aliphatic rings. The molecule has 0 fully saturated rings. The third-order valence-electron chi connectivity index (χ3n) is 3.55. The maximum atomic E-state index is 5.94. The molecule has 112 valence electrons. The average molecular weight is 284 g/mol. The van der Waals surface area contributed by atoms with Crippen molar-refractivity contribution in [1.82, 2.24) is 10.3 Å². The van der Waals surface area contributed by atoms with Gasteiger partial charge in [-0.2, -0.15) is 0 Å². The number of nitrogens with zero attached hydrogens (tertiary/aromatic N) is 1. The Morgan fingerprint density at radius 2 is 1.95 bits per heavy atom. The number of ether oxygens (including phenoxy) is 1. The Balaban J connectivity index is 2.13. The van der Waals surface area contributed by atoms with Crippen molar-refractivity contribution in [2.24, 2.45) is 0 Å². The van der Waals surface area contributed by atoms with E-state index < -0.39 is 0 Å². The van der Waals surface area contributed by atoms with Gasteiger partial charge in [-0.25, -0.2) is 0 Å². The van der Waals surface area contributed by atoms with Crippen LogP contribution in [0.2, 0.25) is 0 Å². The minimum absolute atomic E-state index is 0.310. The molecule has 21 heavy (non-hydrogen) atoms. The fourth-order valence-electron chi connectivity index (χ4n) is 2.31. The Kier molecular flexibility index (Phi) is 5.34. The summed E-state index contributed by atoms with van der Waals surface area (Å²) < 4.78 is 5.94. The summed E-state index contributed by atoms with van der Waals surface area (Å²) in [5, 5.41) is 3.43. The monoisotopic (exact) mass is 284 g/mol. The van der Waals surface area contributed by atoms with Crippen molar-refractivity contribution < 1.29 is 4.74 Å². The van der Waals surface area contributed by atoms with Crippen LogP contribution in [-0.2, 0) is 0 Å². The van der Waals surface area contributed by atoms with Gasteiger partial charge in [-0.1, -0.05) is 26.0 Å². The largest absolute Gasteiger partial charge is 0.455 e. The van der Waals surface area contributed by atoms with Gasteiger partial charge in [-0.3, -0.25) is 4.98 Å². The van der Waals surface area contributed by atoms with E-state index in [1.165, 1.54) is 5.56 Å². The van der Waals surface area contributed by atoms with Gasteiger partial charge in [0.1, 0.15) is 11.5 Å². The molecule has 0 saturated carbocycles. The molecular formula is C18H24N2O. The number of pyridine rings is 1. The fourth-order valence-corrected chi connectivity index (χ4v) is 2.31. The van der Waals surface area contributed by atoms with Crippen molar-refractivity contribution in [2.75, 3.05) is 6.54 Å². The SMILES string of the molecule is CCNC(CC)c1ccc(Oc2cc(C)ccc2C)cn1. The van der Waals surface area contributed by atoms with Crippen LogP contribution in [0.5, 0.6) is 11.5 Å². The smallest absolute Gasteiger partial charge is 0.145 e. The van der Waals surface area contributed by atoms with Gasteiger partial charge in [-0.15, -0.1) is 0 Å². The van der Waals surface area contributed by atoms with Crippen LogP contribution in [0.3, 0.4) is 0 Å². The van der Waals surface area contributed by atoms with Crippen LogP contribution in [0.1, 0.15) is 43.1 Å². The molecule has 1 N–H and O–H groups in total. The van der Waals surface area contributed by atoms with Gasteiger partial charge in [0.05, 0.1) is 11.9 Å². The molecule has 1 aromatic heterocycles. The van der Waals surface area contributed by atoms with Gasteiger partial charge in [0, 0.05) is 6.04 Å². The average Bonchev–Trinajstić information content (AvgIpc) is 2.49. The Morgan fingerprint density at radius 3 is 2.57 bits per heavy atom. The van der Waals surface area contributed by atoms with Crippen molar-refractivity contribution in [3.63, 3.8) is 0 Å². The van der Waals surface area contributed by atoms with Crippen molar-refractivity contribution >= 4 is 0 Å². The summed E-state index contributed by atoms with van der Waals surface area (Å²) in [4.78, 5) is 4.53. The van der Waals surface area contributed by atoms with Crippen LogP contribution in [-0.4, -0.2) is 11.5 Å². The van der Waals surface area contributed by atoms with Crippen molar-refractivity contribution in [1.29, 1.82) is 0 Å². The molecule has 1 aromatic carbocycles. The third-order valence-corrected chi connectivity index (χ3v) is 3.55. The molecule has 2 aromatic rings. The zero-order valence-corrected chi connectivity index (χ0v) is 13.3. The van der Waals surface area contributed by atoms with Crippen molar-refractivity contribution in [3.05, 3.63) is 53.3 Å². The number of aryl methyl sites for hydroxylation is 2. The van der Waals surface area contributed by atoms with Crippen LogP contribution < -0.4 is 10.1 Å². The van der Waals surface area contributed by atoms with Crippen LogP contribution in [0, 0.1) is 13.8 Å². The van der Waals surface area contributed by atoms with E-state index in [2.05, 4.69) is 56.2 Å². The normalized spacial score (nSPS) is 12.2. The second-order valence-corrected chi connectivity index (χ2v) is 5.31. The highest BCUT2D eigenvalue weighted by Gasteiger charge is 2.09. The van der Waals surface area contributed by atoms with E-state index in [1.807, 2.05) is 12.1 Å². The predicted molar refractivity (Wildman–Crippen MR) is 86.9 cm³/mol. The Morgan fingerprint density at radius 1 is 1.14 bits per heavy atom. The first-order valence-corrected chi connectivity index (χ1v) is 7.58. The molecule has 1 atom stereocenters. The highest BCUT2D eigenvalue weighted by Crippen LogP contribution is 2.26. The highest BCUT2D eigenvalue weighted by molar-refractivity contribution is 5.39. The lowest BCUT2D eigenvalue weighted by Crippen LogP contribution is -2.20. The predicted octanol–water partition coefficient (Wildman–Crippen LogP) is 4.55. The molecule has 0 saturated heterocycles. The Bertz CT molecular complexity index is 578. The summed E-state index contributed by atoms with van der Waals surface area (Å²) >= 11 is 0. The first-order chi connectivity index (χ1) is 10.1. The molecule has 0 spiro atoms. The van der Waals surface area contributed by atoms with Crippen LogP contribution in [0.25, 0.3) is 0 Å². The highest BCUT2D eigenvalue weighted by atomic mass is 16.5. The third kappa shape index (κ3) is 4.05. The zero-order chi connectivity index (χ0) is 15.2. The first kappa shape index (κ1) is 15.5. The van der Waals surface area contributed by atoms with E-state index in [-0.39, 0.29) is 0 Å². The first-order valence-electron chi connectivity index (χ1n) is 7.58. The molecule has 3 heteroatoms. The van der Waals surface area contributed by atoms with Crippen LogP contribution >= 0.6 is 0 Å². The maximum absolute atomic E-state index is 5.94. The molecule has 0 bridgehead atoms. The maximum Gasteiger partial charge on any atom is 0.145 e. The topological polar surface area (TPSA) is 34.1 Å². The van der Waals surface area contributed by atoms with Crippen LogP contribution in [0.15, 0.2) is 36.5 Å². The summed E-state index contributed by atoms with van der Waals surface area (Å²) in [6.45, 7) is 9.34. The second kappa shape index (κ2) is 7.23. The summed E-state index contributed by atoms with van der Waals surface area (Å²) in [5.74, 6) is 1.67. The number of hydrogen-bond donors (Lipinski definition) is 1. The van der Waals surface area contributed by atoms with E-state index in [9.17, 15) is 0 Å². The summed E-state index contributed by atoms with van der Waals surface area (Å²) in [6.07, 6.45) is 2.83. The molecule has 0 radical (unpaired) electrons. The van der Waals surface area contributed by atoms with Gasteiger partial charge in [0.2, 0.25) is 0 Å². The van der Waals surface area contributed by atoms with Crippen molar-refractivity contribution in [3.8, 4) is 11.5 Å². The molecule has 0 amide bonds. The number of hydrogen-bond acceptors (Lipinski definition) is 3. The van der Waals surface area contributed by atoms with E-state index in [1.54, 1.807) is 6.20 Å². The lowest BCUT2D eigenvalue weighted by molar-refractivity contribution is 0.472. The number of aromatic nitrogens is 1. The molecule has 0 aliphatic heterocycles. The van der Waals surface area contributed by atoms with Gasteiger partial charge < -0.3 is 10.1 Å². The summed E-state index contributed by atoms with van der Waals surface area (Å²) in [6, 6.07) is 10.6. The molecule has 3 nitrogen and oxygen atoms in total. The minimum Gasteiger partial charge on any atom is -0.455 e. The van der Waals surface area contributed by atoms with Gasteiger partial charge in [0.25, 0.3) is 0 Å². The second-order valence-electron chi connectivity index (χ2n) is 5.31. The van der Waals surface area contributed by atoms with Crippen molar-refractivity contribution in [2.45, 2.75) is 40.2 Å². The summed E-state index contributed by atoms with van der Waals surface area (Å²) in [5.41, 5.74) is 3.38. The minimum atomic E-state index is 0.310. The van der Waals surface area contributed by atoms with E-state index in [4.69, 9.17) is 4.74 Å². The standard InChI is InChI=1S/C18H24N2O/c1-5-16(19-6-2)17-10-9-15(12-20-17)21-18-11-13(3)7-8-14(18)4/h7-12,16,19H,5-6H2,1-4H3. The zero-order valence-electron chi connectivity index (χ0n) is 13.3. The van der Waals surface area contributed by atoms with Gasteiger partial charge >= 0.3 is 0 Å². The van der Waals surface area contributed by atoms with Gasteiger partial charge in [-0.05, 0) is 56.1 Å². The Hall–Kier alpha value is -1.87. The molecule has 2 rings (SSSR count). The molecule has 1 heterocycles.